The van der Waals surface area contributed by atoms with E-state index in [9.17, 15) is 13.0 Å². The zero-order valence-corrected chi connectivity index (χ0v) is 24.8. The molecule has 0 aromatic heterocycles. The fourth-order valence-corrected chi connectivity index (χ4v) is 9.40. The van der Waals surface area contributed by atoms with E-state index in [1.807, 2.05) is 0 Å². The van der Waals surface area contributed by atoms with E-state index in [-0.39, 0.29) is 35.0 Å². The summed E-state index contributed by atoms with van der Waals surface area (Å²) in [5.74, 6) is 4.78. The first kappa shape index (κ1) is 28.2. The van der Waals surface area contributed by atoms with Crippen molar-refractivity contribution in [3.8, 4) is 0 Å². The summed E-state index contributed by atoms with van der Waals surface area (Å²) >= 11 is 0. The average Bonchev–Trinajstić information content (AvgIpc) is 3.04. The molecule has 0 aromatic carbocycles. The van der Waals surface area contributed by atoms with Gasteiger partial charge >= 0.3 is 29.6 Å². The zero-order chi connectivity index (χ0) is 23.3. The number of hydrogen-bond donors (Lipinski definition) is 0. The molecule has 0 heterocycles. The molecule has 4 nitrogen and oxygen atoms in total. The molecular formula is C27H45NaO4S. The van der Waals surface area contributed by atoms with E-state index in [0.29, 0.717) is 24.2 Å². The third kappa shape index (κ3) is 5.64. The van der Waals surface area contributed by atoms with Crippen LogP contribution in [0.1, 0.15) is 105 Å². The van der Waals surface area contributed by atoms with Crippen molar-refractivity contribution in [1.29, 1.82) is 0 Å². The van der Waals surface area contributed by atoms with E-state index in [1.54, 1.807) is 0 Å². The van der Waals surface area contributed by atoms with Crippen LogP contribution in [-0.4, -0.2) is 19.1 Å². The van der Waals surface area contributed by atoms with Gasteiger partial charge in [0.15, 0.2) is 0 Å². The van der Waals surface area contributed by atoms with Crippen LogP contribution in [-0.2, 0) is 14.6 Å². The zero-order valence-electron chi connectivity index (χ0n) is 21.9. The largest absolute Gasteiger partial charge is 1.00 e. The summed E-state index contributed by atoms with van der Waals surface area (Å²) in [6.07, 6.45) is 14.8. The van der Waals surface area contributed by atoms with Crippen LogP contribution in [0.5, 0.6) is 0 Å². The predicted octanol–water partition coefficient (Wildman–Crippen LogP) is 3.88. The van der Waals surface area contributed by atoms with E-state index >= 15 is 0 Å². The van der Waals surface area contributed by atoms with Crippen molar-refractivity contribution in [3.05, 3.63) is 11.6 Å². The number of fused-ring (bicyclic) bond motifs is 5. The molecule has 0 saturated heterocycles. The van der Waals surface area contributed by atoms with Gasteiger partial charge in [-0.15, -0.1) is 0 Å². The summed E-state index contributed by atoms with van der Waals surface area (Å²) < 4.78 is 38.2. The molecule has 0 radical (unpaired) electrons. The fourth-order valence-electron chi connectivity index (χ4n) is 8.90. The second-order valence-corrected chi connectivity index (χ2v) is 13.7. The van der Waals surface area contributed by atoms with Gasteiger partial charge in [0.25, 0.3) is 0 Å². The Labute approximate surface area is 225 Å². The van der Waals surface area contributed by atoms with Crippen molar-refractivity contribution in [2.45, 2.75) is 111 Å². The summed E-state index contributed by atoms with van der Waals surface area (Å²) in [7, 11) is -4.63. The third-order valence-electron chi connectivity index (χ3n) is 10.5. The molecule has 0 aliphatic heterocycles. The van der Waals surface area contributed by atoms with Gasteiger partial charge in [-0.3, -0.25) is 4.18 Å². The van der Waals surface area contributed by atoms with Gasteiger partial charge in [0.2, 0.25) is 10.4 Å². The van der Waals surface area contributed by atoms with Crippen LogP contribution in [0.3, 0.4) is 0 Å². The molecule has 4 aliphatic rings. The molecule has 0 N–H and O–H groups in total. The Hall–Kier alpha value is 0.610. The van der Waals surface area contributed by atoms with Crippen LogP contribution in [0, 0.1) is 46.3 Å². The Morgan fingerprint density at radius 3 is 2.45 bits per heavy atom. The molecule has 0 unspecified atom stereocenters. The molecule has 3 saturated carbocycles. The maximum Gasteiger partial charge on any atom is 1.00 e. The van der Waals surface area contributed by atoms with Gasteiger partial charge in [-0.1, -0.05) is 65.5 Å². The Kier molecular flexibility index (Phi) is 9.00. The monoisotopic (exact) mass is 488 g/mol. The van der Waals surface area contributed by atoms with E-state index in [2.05, 4.69) is 40.7 Å². The average molecular weight is 489 g/mol. The molecule has 4 aliphatic carbocycles. The first-order valence-corrected chi connectivity index (χ1v) is 14.6. The SMILES string of the molecule is CC(C)CCC[C@@H](C)[C@H]1CC[C@H]2[C@@H]3CC=C4C[C@H](OS(=O)(=O)[O-])CC[C@]4(C)[C@H]3CC[C@]12C.[Na+]. The Morgan fingerprint density at radius 2 is 1.79 bits per heavy atom. The fraction of sp³-hybridized carbons (Fsp3) is 0.926. The van der Waals surface area contributed by atoms with Crippen molar-refractivity contribution < 1.29 is 46.7 Å². The molecule has 8 atom stereocenters. The van der Waals surface area contributed by atoms with Crippen molar-refractivity contribution >= 4 is 10.4 Å². The number of hydrogen-bond acceptors (Lipinski definition) is 4. The first-order valence-electron chi connectivity index (χ1n) is 13.3. The van der Waals surface area contributed by atoms with Gasteiger partial charge in [-0.05, 0) is 97.7 Å². The second-order valence-electron chi connectivity index (χ2n) is 12.7. The minimum absolute atomic E-state index is 0. The second kappa shape index (κ2) is 10.5. The summed E-state index contributed by atoms with van der Waals surface area (Å²) in [5.41, 5.74) is 1.99. The quantitative estimate of drug-likeness (QED) is 0.236. The topological polar surface area (TPSA) is 66.4 Å². The molecular weight excluding hydrogens is 443 g/mol. The Balaban J connectivity index is 0.00000306. The van der Waals surface area contributed by atoms with E-state index in [0.717, 1.165) is 42.4 Å². The van der Waals surface area contributed by atoms with Gasteiger partial charge in [0.05, 0.1) is 6.10 Å². The van der Waals surface area contributed by atoms with E-state index < -0.39 is 16.5 Å². The van der Waals surface area contributed by atoms with E-state index in [4.69, 9.17) is 4.18 Å². The van der Waals surface area contributed by atoms with Crippen molar-refractivity contribution in [2.24, 2.45) is 46.3 Å². The van der Waals surface area contributed by atoms with Crippen LogP contribution in [0.2, 0.25) is 0 Å². The first-order chi connectivity index (χ1) is 14.9. The molecule has 0 amide bonds. The molecule has 33 heavy (non-hydrogen) atoms. The van der Waals surface area contributed by atoms with Crippen molar-refractivity contribution in [1.82, 2.24) is 0 Å². The molecule has 0 aromatic rings. The van der Waals surface area contributed by atoms with Crippen LogP contribution in [0.15, 0.2) is 11.6 Å². The van der Waals surface area contributed by atoms with Crippen LogP contribution in [0.4, 0.5) is 0 Å². The number of rotatable bonds is 7. The van der Waals surface area contributed by atoms with Crippen LogP contribution < -0.4 is 29.6 Å². The third-order valence-corrected chi connectivity index (χ3v) is 11.0. The molecule has 3 fully saturated rings. The van der Waals surface area contributed by atoms with E-state index in [1.165, 1.54) is 50.5 Å². The molecule has 184 valence electrons. The van der Waals surface area contributed by atoms with Gasteiger partial charge in [0.1, 0.15) is 0 Å². The minimum Gasteiger partial charge on any atom is -0.726 e. The molecule has 0 bridgehead atoms. The van der Waals surface area contributed by atoms with Gasteiger partial charge in [0, 0.05) is 0 Å². The maximum atomic E-state index is 11.1. The molecule has 4 rings (SSSR count). The van der Waals surface area contributed by atoms with Crippen LogP contribution >= 0.6 is 0 Å². The van der Waals surface area contributed by atoms with Gasteiger partial charge in [-0.2, -0.15) is 0 Å². The standard InChI is InChI=1S/C27H46O4S.Na/c1-18(2)7-6-8-19(3)23-11-12-24-22-10-9-20-17-21(31-32(28,29)30)13-15-26(20,4)25(22)14-16-27(23,24)5;/h9,18-19,21-25H,6-8,10-17H2,1-5H3,(H,28,29,30);/q;+1/p-1/t19-,21-,22+,23-,24+,25+,26+,27-;/m1./s1. The van der Waals surface area contributed by atoms with Crippen LogP contribution in [0.25, 0.3) is 0 Å². The minimum atomic E-state index is -4.63. The normalized spacial score (nSPS) is 41.4. The Morgan fingerprint density at radius 1 is 1.06 bits per heavy atom. The van der Waals surface area contributed by atoms with Crippen molar-refractivity contribution in [2.75, 3.05) is 0 Å². The van der Waals surface area contributed by atoms with Gasteiger partial charge < -0.3 is 4.55 Å². The smallest absolute Gasteiger partial charge is 0.726 e. The Bertz CT molecular complexity index is 824. The summed E-state index contributed by atoms with van der Waals surface area (Å²) in [5, 5.41) is 0. The molecule has 6 heteroatoms. The van der Waals surface area contributed by atoms with Crippen molar-refractivity contribution in [3.63, 3.8) is 0 Å². The summed E-state index contributed by atoms with van der Waals surface area (Å²) in [4.78, 5) is 0. The predicted molar refractivity (Wildman–Crippen MR) is 128 cm³/mol. The number of allylic oxidation sites excluding steroid dienone is 1. The summed E-state index contributed by atoms with van der Waals surface area (Å²) in [6, 6.07) is 0. The molecule has 0 spiro atoms. The summed E-state index contributed by atoms with van der Waals surface area (Å²) in [6.45, 7) is 12.2. The van der Waals surface area contributed by atoms with Gasteiger partial charge in [-0.25, -0.2) is 8.42 Å². The maximum absolute atomic E-state index is 11.1.